The zero-order valence-electron chi connectivity index (χ0n) is 39.6. The van der Waals surface area contributed by atoms with Crippen molar-refractivity contribution in [3.63, 3.8) is 0 Å². The van der Waals surface area contributed by atoms with Gasteiger partial charge in [-0.05, 0) is 89.6 Å². The zero-order chi connectivity index (χ0) is 52.5. The van der Waals surface area contributed by atoms with Gasteiger partial charge in [0.15, 0.2) is 0 Å². The van der Waals surface area contributed by atoms with Crippen LogP contribution in [-0.2, 0) is 49.6 Å². The number of phenols is 1. The summed E-state index contributed by atoms with van der Waals surface area (Å²) in [5.41, 5.74) is 17.4. The molecule has 11 atom stereocenters. The van der Waals surface area contributed by atoms with Crippen molar-refractivity contribution < 1.29 is 73.8 Å². The van der Waals surface area contributed by atoms with Crippen molar-refractivity contribution in [2.24, 2.45) is 23.1 Å². The number of aliphatic carboxylic acids is 1. The molecule has 20 N–H and O–H groups in total. The first-order valence-corrected chi connectivity index (χ1v) is 22.6. The number of carbonyl (C=O) groups excluding carboxylic acids is 8. The van der Waals surface area contributed by atoms with Gasteiger partial charge < -0.3 is 90.4 Å². The number of carboxylic acid groups (broad SMARTS) is 1. The SMILES string of the molecule is CC(C)[C@H](NC(=O)[C@@H](NC(=O)[C@H](CCCCN)NC(=O)[C@H](Cc1ccc(O)cc1)NC(=O)[C@@H](NC(=O)[C@H](CO)NC(=O)[C@H](CO)NC(=O)[C@@H](N)CCCCN)[C@@H](C)O)[C@@H](C)O)C(=O)N[C@@H](C)C(=O)O. The molecule has 390 valence electrons. The van der Waals surface area contributed by atoms with Crippen LogP contribution in [0.3, 0.4) is 0 Å². The van der Waals surface area contributed by atoms with Crippen LogP contribution in [0.15, 0.2) is 24.3 Å². The molecule has 0 saturated carbocycles. The predicted octanol–water partition coefficient (Wildman–Crippen LogP) is -6.09. The molecule has 0 fully saturated rings. The zero-order valence-corrected chi connectivity index (χ0v) is 39.6. The van der Waals surface area contributed by atoms with E-state index in [0.717, 1.165) is 6.92 Å². The maximum atomic E-state index is 14.2. The van der Waals surface area contributed by atoms with E-state index in [1.807, 2.05) is 0 Å². The number of phenolic OH excluding ortho intramolecular Hbond substituents is 1. The topological polar surface area (TPSA) is 449 Å². The first-order chi connectivity index (χ1) is 32.4. The molecular weight excluding hydrogens is 911 g/mol. The van der Waals surface area contributed by atoms with E-state index in [-0.39, 0.29) is 38.0 Å². The van der Waals surface area contributed by atoms with E-state index >= 15 is 0 Å². The first kappa shape index (κ1) is 61.0. The van der Waals surface area contributed by atoms with Crippen LogP contribution in [0, 0.1) is 5.92 Å². The smallest absolute Gasteiger partial charge is 0.325 e. The Kier molecular flexibility index (Phi) is 27.5. The summed E-state index contributed by atoms with van der Waals surface area (Å²) >= 11 is 0. The number of carboxylic acids is 1. The summed E-state index contributed by atoms with van der Waals surface area (Å²) in [7, 11) is 0. The average Bonchev–Trinajstić information content (AvgIpc) is 3.29. The molecule has 0 aliphatic heterocycles. The maximum Gasteiger partial charge on any atom is 0.325 e. The fourth-order valence-electron chi connectivity index (χ4n) is 6.41. The van der Waals surface area contributed by atoms with E-state index in [1.165, 1.54) is 38.1 Å². The number of aromatic hydroxyl groups is 1. The Morgan fingerprint density at radius 2 is 0.899 bits per heavy atom. The summed E-state index contributed by atoms with van der Waals surface area (Å²) < 4.78 is 0. The van der Waals surface area contributed by atoms with Crippen molar-refractivity contribution in [1.29, 1.82) is 0 Å². The number of carbonyl (C=O) groups is 9. The van der Waals surface area contributed by atoms with Crippen molar-refractivity contribution in [2.75, 3.05) is 26.3 Å². The fourth-order valence-corrected chi connectivity index (χ4v) is 6.41. The summed E-state index contributed by atoms with van der Waals surface area (Å²) in [5, 5.41) is 78.9. The lowest BCUT2D eigenvalue weighted by atomic mass is 10.0. The lowest BCUT2D eigenvalue weighted by Gasteiger charge is -2.29. The summed E-state index contributed by atoms with van der Waals surface area (Å²) in [4.78, 5) is 119. The molecule has 0 heterocycles. The number of nitrogens with two attached hydrogens (primary N) is 3. The first-order valence-electron chi connectivity index (χ1n) is 22.6. The Morgan fingerprint density at radius 3 is 1.36 bits per heavy atom. The molecule has 1 rings (SSSR count). The Hall–Kier alpha value is -6.03. The minimum atomic E-state index is -1.86. The fraction of sp³-hybridized carbons (Fsp3) is 0.651. The quantitative estimate of drug-likeness (QED) is 0.0299. The number of benzene rings is 1. The van der Waals surface area contributed by atoms with E-state index in [9.17, 15) is 73.8 Å². The highest BCUT2D eigenvalue weighted by molar-refractivity contribution is 5.98. The molecule has 0 aliphatic rings. The maximum absolute atomic E-state index is 14.2. The number of aliphatic hydroxyl groups is 4. The molecule has 0 aromatic heterocycles. The third kappa shape index (κ3) is 21.4. The van der Waals surface area contributed by atoms with Crippen molar-refractivity contribution in [3.05, 3.63) is 29.8 Å². The molecule has 1 aromatic carbocycles. The van der Waals surface area contributed by atoms with Crippen LogP contribution >= 0.6 is 0 Å². The molecule has 69 heavy (non-hydrogen) atoms. The standard InChI is InChI=1S/C43H73N11O15/c1-21(2)32(40(65)47-22(3)43(68)69)52-42(67)34(24(5)58)53-36(61)28(11-7-9-17-45)48-37(62)29(18-25-12-14-26(59)15-13-25)49-41(66)33(23(4)57)54-39(64)31(20-56)51-38(63)30(19-55)50-35(60)27(46)10-6-8-16-44/h12-15,21-24,27-34,55-59H,6-11,16-20,44-46H2,1-5H3,(H,47,65)(H,48,62)(H,49,66)(H,50,60)(H,51,63)(H,52,67)(H,53,61)(H,54,64)(H,68,69)/t22-,23+,24+,27-,28-,29-,30-,31-,32-,33-,34-/m0/s1. The third-order valence-electron chi connectivity index (χ3n) is 10.6. The number of hydrogen-bond acceptors (Lipinski definition) is 17. The van der Waals surface area contributed by atoms with Crippen LogP contribution in [0.5, 0.6) is 5.75 Å². The van der Waals surface area contributed by atoms with Crippen LogP contribution < -0.4 is 59.7 Å². The van der Waals surface area contributed by atoms with Crippen LogP contribution in [0.25, 0.3) is 0 Å². The van der Waals surface area contributed by atoms with Crippen LogP contribution in [-0.4, -0.2) is 177 Å². The highest BCUT2D eigenvalue weighted by atomic mass is 16.4. The molecule has 0 aliphatic carbocycles. The third-order valence-corrected chi connectivity index (χ3v) is 10.6. The Balaban J connectivity index is 3.42. The largest absolute Gasteiger partial charge is 0.508 e. The normalized spacial score (nSPS) is 16.0. The average molecular weight is 984 g/mol. The number of aliphatic hydroxyl groups excluding tert-OH is 4. The van der Waals surface area contributed by atoms with Crippen LogP contribution in [0.4, 0.5) is 0 Å². The van der Waals surface area contributed by atoms with E-state index in [4.69, 9.17) is 17.2 Å². The Morgan fingerprint density at radius 1 is 0.507 bits per heavy atom. The molecule has 0 bridgehead atoms. The predicted molar refractivity (Wildman–Crippen MR) is 247 cm³/mol. The summed E-state index contributed by atoms with van der Waals surface area (Å²) in [6.45, 7) is 5.20. The Labute approximate surface area is 400 Å². The van der Waals surface area contributed by atoms with Crippen molar-refractivity contribution >= 4 is 53.2 Å². The lowest BCUT2D eigenvalue weighted by molar-refractivity contribution is -0.142. The van der Waals surface area contributed by atoms with Gasteiger partial charge in [-0.3, -0.25) is 43.2 Å². The van der Waals surface area contributed by atoms with Gasteiger partial charge in [0.05, 0.1) is 31.5 Å². The van der Waals surface area contributed by atoms with Gasteiger partial charge in [-0.1, -0.05) is 32.4 Å². The van der Waals surface area contributed by atoms with E-state index in [0.29, 0.717) is 31.4 Å². The molecule has 26 heteroatoms. The summed E-state index contributed by atoms with van der Waals surface area (Å²) in [6, 6.07) is -8.27. The molecular formula is C43H73N11O15. The summed E-state index contributed by atoms with van der Waals surface area (Å²) in [6.07, 6.45) is -1.72. The molecule has 26 nitrogen and oxygen atoms in total. The van der Waals surface area contributed by atoms with E-state index in [1.54, 1.807) is 13.8 Å². The van der Waals surface area contributed by atoms with Gasteiger partial charge in [0, 0.05) is 6.42 Å². The number of rotatable bonds is 32. The van der Waals surface area contributed by atoms with Gasteiger partial charge in [-0.2, -0.15) is 0 Å². The highest BCUT2D eigenvalue weighted by Gasteiger charge is 2.37. The van der Waals surface area contributed by atoms with Crippen LogP contribution in [0.1, 0.15) is 78.7 Å². The van der Waals surface area contributed by atoms with Gasteiger partial charge in [0.25, 0.3) is 0 Å². The number of nitrogens with one attached hydrogen (secondary N) is 8. The van der Waals surface area contributed by atoms with Crippen molar-refractivity contribution in [3.8, 4) is 5.75 Å². The molecule has 1 aromatic rings. The molecule has 0 unspecified atom stereocenters. The molecule has 0 saturated heterocycles. The second kappa shape index (κ2) is 31.2. The van der Waals surface area contributed by atoms with Crippen molar-refractivity contribution in [1.82, 2.24) is 42.5 Å². The van der Waals surface area contributed by atoms with E-state index in [2.05, 4.69) is 42.5 Å². The van der Waals surface area contributed by atoms with Gasteiger partial charge >= 0.3 is 5.97 Å². The highest BCUT2D eigenvalue weighted by Crippen LogP contribution is 2.13. The number of amides is 8. The van der Waals surface area contributed by atoms with E-state index < -0.39 is 139 Å². The second-order valence-corrected chi connectivity index (χ2v) is 16.9. The Bertz CT molecular complexity index is 1850. The van der Waals surface area contributed by atoms with Gasteiger partial charge in [-0.25, -0.2) is 0 Å². The number of hydrogen-bond donors (Lipinski definition) is 17. The minimum absolute atomic E-state index is 0.0874. The lowest BCUT2D eigenvalue weighted by Crippen LogP contribution is -2.63. The van der Waals surface area contributed by atoms with Gasteiger partial charge in [-0.15, -0.1) is 0 Å². The summed E-state index contributed by atoms with van der Waals surface area (Å²) in [5.74, 6) is -10.2. The van der Waals surface area contributed by atoms with Crippen LogP contribution in [0.2, 0.25) is 0 Å². The van der Waals surface area contributed by atoms with Crippen molar-refractivity contribution in [2.45, 2.75) is 146 Å². The number of unbranched alkanes of at least 4 members (excludes halogenated alkanes) is 2. The molecule has 0 radical (unpaired) electrons. The second-order valence-electron chi connectivity index (χ2n) is 16.9. The minimum Gasteiger partial charge on any atom is -0.508 e. The van der Waals surface area contributed by atoms with Gasteiger partial charge in [0.1, 0.15) is 54.1 Å². The molecule has 0 spiro atoms. The van der Waals surface area contributed by atoms with Gasteiger partial charge in [0.2, 0.25) is 47.3 Å². The monoisotopic (exact) mass is 984 g/mol. The molecule has 8 amide bonds.